The van der Waals surface area contributed by atoms with Gasteiger partial charge >= 0.3 is 5.97 Å². The molecule has 0 radical (unpaired) electrons. The number of benzene rings is 1. The molecule has 1 aromatic carbocycles. The van der Waals surface area contributed by atoms with Gasteiger partial charge in [-0.1, -0.05) is 12.1 Å². The fraction of sp³-hybridized carbons (Fsp3) is 0.562. The normalized spacial score (nSPS) is 23.6. The average Bonchev–Trinajstić information content (AvgIpc) is 3.03. The highest BCUT2D eigenvalue weighted by Crippen LogP contribution is 2.49. The summed E-state index contributed by atoms with van der Waals surface area (Å²) in [5, 5.41) is 0. The van der Waals surface area contributed by atoms with E-state index in [9.17, 15) is 4.79 Å². The lowest BCUT2D eigenvalue weighted by atomic mass is 9.99. The van der Waals surface area contributed by atoms with Gasteiger partial charge in [-0.25, -0.2) is 4.79 Å². The number of carbonyl (C=O) groups is 1. The number of methoxy groups -OCH3 is 1. The maximum absolute atomic E-state index is 12.2. The summed E-state index contributed by atoms with van der Waals surface area (Å²) in [4.78, 5) is 12.2. The zero-order valence-electron chi connectivity index (χ0n) is 11.8. The van der Waals surface area contributed by atoms with Crippen LogP contribution in [-0.2, 0) is 20.8 Å². The summed E-state index contributed by atoms with van der Waals surface area (Å²) < 4.78 is 16.2. The van der Waals surface area contributed by atoms with Gasteiger partial charge in [0.05, 0.1) is 18.8 Å². The quantitative estimate of drug-likeness (QED) is 0.775. The molecule has 2 fully saturated rings. The Hall–Kier alpha value is -1.39. The first-order valence-corrected chi connectivity index (χ1v) is 7.12. The van der Waals surface area contributed by atoms with Gasteiger partial charge in [-0.2, -0.15) is 0 Å². The van der Waals surface area contributed by atoms with E-state index in [2.05, 4.69) is 0 Å². The summed E-state index contributed by atoms with van der Waals surface area (Å²) in [6.45, 7) is 2.06. The van der Waals surface area contributed by atoms with Crippen LogP contribution < -0.4 is 0 Å². The lowest BCUT2D eigenvalue weighted by molar-refractivity contribution is 0.000831. The molecule has 0 amide bonds. The predicted octanol–water partition coefficient (Wildman–Crippen LogP) is 2.56. The van der Waals surface area contributed by atoms with Gasteiger partial charge in [0.25, 0.3) is 0 Å². The van der Waals surface area contributed by atoms with E-state index in [4.69, 9.17) is 14.2 Å². The Labute approximate surface area is 119 Å². The summed E-state index contributed by atoms with van der Waals surface area (Å²) in [6, 6.07) is 7.41. The third kappa shape index (κ3) is 2.72. The second-order valence-electron chi connectivity index (χ2n) is 5.64. The predicted molar refractivity (Wildman–Crippen MR) is 73.5 cm³/mol. The minimum Gasteiger partial charge on any atom is -0.455 e. The maximum Gasteiger partial charge on any atom is 0.338 e. The van der Waals surface area contributed by atoms with Gasteiger partial charge in [-0.15, -0.1) is 0 Å². The minimum absolute atomic E-state index is 0.224. The molecule has 1 heterocycles. The molecule has 2 aliphatic rings. The first-order valence-electron chi connectivity index (χ1n) is 7.12. The number of carbonyl (C=O) groups excluding carboxylic acids is 1. The molecule has 1 saturated heterocycles. The van der Waals surface area contributed by atoms with E-state index in [1.165, 1.54) is 0 Å². The molecule has 1 aliphatic carbocycles. The fourth-order valence-electron chi connectivity index (χ4n) is 2.81. The molecule has 0 spiro atoms. The summed E-state index contributed by atoms with van der Waals surface area (Å²) in [7, 11) is 1.66. The van der Waals surface area contributed by atoms with Crippen molar-refractivity contribution in [3.8, 4) is 0 Å². The second kappa shape index (κ2) is 5.54. The molecule has 3 rings (SSSR count). The molecule has 4 nitrogen and oxygen atoms in total. The van der Waals surface area contributed by atoms with Gasteiger partial charge in [-0.05, 0) is 37.0 Å². The molecule has 1 unspecified atom stereocenters. The third-order valence-corrected chi connectivity index (χ3v) is 4.21. The van der Waals surface area contributed by atoms with Crippen molar-refractivity contribution in [1.29, 1.82) is 0 Å². The molecule has 1 atom stereocenters. The van der Waals surface area contributed by atoms with Crippen LogP contribution in [0.15, 0.2) is 24.3 Å². The van der Waals surface area contributed by atoms with Gasteiger partial charge in [0.1, 0.15) is 5.60 Å². The summed E-state index contributed by atoms with van der Waals surface area (Å²) >= 11 is 0. The van der Waals surface area contributed by atoms with Gasteiger partial charge in [-0.3, -0.25) is 0 Å². The largest absolute Gasteiger partial charge is 0.455 e. The van der Waals surface area contributed by atoms with Gasteiger partial charge in [0, 0.05) is 19.6 Å². The Morgan fingerprint density at radius 3 is 2.65 bits per heavy atom. The van der Waals surface area contributed by atoms with Crippen LogP contribution in [0.3, 0.4) is 0 Å². The second-order valence-corrected chi connectivity index (χ2v) is 5.64. The first-order chi connectivity index (χ1) is 9.73. The number of esters is 1. The van der Waals surface area contributed by atoms with Crippen LogP contribution in [0.2, 0.25) is 0 Å². The summed E-state index contributed by atoms with van der Waals surface area (Å²) in [6.07, 6.45) is 2.93. The molecule has 108 valence electrons. The lowest BCUT2D eigenvalue weighted by Gasteiger charge is -2.22. The number of hydrogen-bond donors (Lipinski definition) is 0. The Morgan fingerprint density at radius 2 is 2.10 bits per heavy atom. The van der Waals surface area contributed by atoms with Crippen LogP contribution >= 0.6 is 0 Å². The molecule has 0 bridgehead atoms. The van der Waals surface area contributed by atoms with Crippen LogP contribution in [0, 0.1) is 5.92 Å². The van der Waals surface area contributed by atoms with Crippen LogP contribution in [0.5, 0.6) is 0 Å². The van der Waals surface area contributed by atoms with Crippen molar-refractivity contribution in [2.75, 3.05) is 20.3 Å². The molecular formula is C16H20O4. The molecule has 1 aliphatic heterocycles. The number of hydrogen-bond acceptors (Lipinski definition) is 4. The van der Waals surface area contributed by atoms with E-state index >= 15 is 0 Å². The molecule has 1 saturated carbocycles. The van der Waals surface area contributed by atoms with Crippen molar-refractivity contribution in [3.63, 3.8) is 0 Å². The van der Waals surface area contributed by atoms with Crippen LogP contribution in [0.1, 0.15) is 35.2 Å². The zero-order valence-corrected chi connectivity index (χ0v) is 11.8. The van der Waals surface area contributed by atoms with E-state index in [0.29, 0.717) is 18.1 Å². The standard InChI is InChI=1S/C16H20O4/c1-18-10-12-2-4-13(5-3-12)15(17)20-16(7-8-16)14-6-9-19-11-14/h2-5,14H,6-11H2,1H3. The molecular weight excluding hydrogens is 256 g/mol. The van der Waals surface area contributed by atoms with Crippen molar-refractivity contribution in [3.05, 3.63) is 35.4 Å². The van der Waals surface area contributed by atoms with Gasteiger partial charge in [0.2, 0.25) is 0 Å². The van der Waals surface area contributed by atoms with Crippen molar-refractivity contribution < 1.29 is 19.0 Å². The van der Waals surface area contributed by atoms with E-state index in [0.717, 1.165) is 38.0 Å². The molecule has 20 heavy (non-hydrogen) atoms. The van der Waals surface area contributed by atoms with Gasteiger partial charge < -0.3 is 14.2 Å². The Bertz CT molecular complexity index is 470. The van der Waals surface area contributed by atoms with E-state index in [-0.39, 0.29) is 11.6 Å². The molecule has 0 N–H and O–H groups in total. The van der Waals surface area contributed by atoms with Crippen LogP contribution in [0.25, 0.3) is 0 Å². The highest BCUT2D eigenvalue weighted by Gasteiger charge is 2.54. The monoisotopic (exact) mass is 276 g/mol. The smallest absolute Gasteiger partial charge is 0.338 e. The Balaban J connectivity index is 1.64. The van der Waals surface area contributed by atoms with E-state index in [1.807, 2.05) is 12.1 Å². The highest BCUT2D eigenvalue weighted by atomic mass is 16.6. The number of ether oxygens (including phenoxy) is 3. The highest BCUT2D eigenvalue weighted by molar-refractivity contribution is 5.89. The number of rotatable bonds is 5. The zero-order chi connectivity index (χ0) is 14.0. The minimum atomic E-state index is -0.251. The van der Waals surface area contributed by atoms with Crippen molar-refractivity contribution in [2.45, 2.75) is 31.5 Å². The molecule has 4 heteroatoms. The fourth-order valence-corrected chi connectivity index (χ4v) is 2.81. The summed E-state index contributed by atoms with van der Waals surface area (Å²) in [5.41, 5.74) is 1.41. The molecule has 1 aromatic rings. The molecule has 0 aromatic heterocycles. The Morgan fingerprint density at radius 1 is 1.35 bits per heavy atom. The topological polar surface area (TPSA) is 44.8 Å². The SMILES string of the molecule is COCc1ccc(C(=O)OC2(C3CCOC3)CC2)cc1. The van der Waals surface area contributed by atoms with E-state index in [1.54, 1.807) is 19.2 Å². The Kier molecular flexibility index (Phi) is 3.76. The summed E-state index contributed by atoms with van der Waals surface area (Å²) in [5.74, 6) is 0.151. The average molecular weight is 276 g/mol. The van der Waals surface area contributed by atoms with Crippen molar-refractivity contribution in [2.24, 2.45) is 5.92 Å². The van der Waals surface area contributed by atoms with Crippen LogP contribution in [-0.4, -0.2) is 31.9 Å². The van der Waals surface area contributed by atoms with Gasteiger partial charge in [0.15, 0.2) is 0 Å². The maximum atomic E-state index is 12.2. The lowest BCUT2D eigenvalue weighted by Crippen LogP contribution is -2.29. The van der Waals surface area contributed by atoms with E-state index < -0.39 is 0 Å². The first kappa shape index (κ1) is 13.6. The van der Waals surface area contributed by atoms with Crippen LogP contribution in [0.4, 0.5) is 0 Å². The van der Waals surface area contributed by atoms with Crippen molar-refractivity contribution >= 4 is 5.97 Å². The van der Waals surface area contributed by atoms with Crippen molar-refractivity contribution in [1.82, 2.24) is 0 Å². The third-order valence-electron chi connectivity index (χ3n) is 4.21.